The maximum Gasteiger partial charge on any atom is 0.262 e. The van der Waals surface area contributed by atoms with Crippen LogP contribution in [-0.2, 0) is 4.79 Å². The highest BCUT2D eigenvalue weighted by molar-refractivity contribution is 7.13. The normalized spacial score (nSPS) is 10.4. The molecular formula is C18H17N3O2S. The molecule has 0 bridgehead atoms. The van der Waals surface area contributed by atoms with Crippen LogP contribution in [0.3, 0.4) is 0 Å². The van der Waals surface area contributed by atoms with Gasteiger partial charge in [-0.05, 0) is 31.2 Å². The summed E-state index contributed by atoms with van der Waals surface area (Å²) in [6, 6.07) is 15.0. The van der Waals surface area contributed by atoms with Crippen LogP contribution < -0.4 is 15.8 Å². The lowest BCUT2D eigenvalue weighted by atomic mass is 10.2. The number of hydrogen-bond donors (Lipinski definition) is 2. The zero-order valence-corrected chi connectivity index (χ0v) is 14.0. The van der Waals surface area contributed by atoms with E-state index in [-0.39, 0.29) is 12.5 Å². The van der Waals surface area contributed by atoms with E-state index in [0.29, 0.717) is 10.9 Å². The first-order valence-corrected chi connectivity index (χ1v) is 8.29. The number of aryl methyl sites for hydroxylation is 1. The second-order valence-corrected chi connectivity index (χ2v) is 6.19. The van der Waals surface area contributed by atoms with Crippen molar-refractivity contribution in [3.63, 3.8) is 0 Å². The highest BCUT2D eigenvalue weighted by Gasteiger charge is 2.06. The van der Waals surface area contributed by atoms with E-state index in [4.69, 9.17) is 10.5 Å². The lowest BCUT2D eigenvalue weighted by Crippen LogP contribution is -2.20. The van der Waals surface area contributed by atoms with Gasteiger partial charge in [-0.25, -0.2) is 4.98 Å². The number of nitrogen functional groups attached to an aromatic ring is 1. The first kappa shape index (κ1) is 16.0. The summed E-state index contributed by atoms with van der Waals surface area (Å²) in [6.07, 6.45) is 0. The molecule has 0 unspecified atom stereocenters. The molecular weight excluding hydrogens is 322 g/mol. The molecule has 1 amide bonds. The number of amides is 1. The van der Waals surface area contributed by atoms with E-state index in [1.807, 2.05) is 54.8 Å². The number of nitrogens with two attached hydrogens (primary N) is 1. The Bertz CT molecular complexity index is 843. The fourth-order valence-electron chi connectivity index (χ4n) is 2.15. The Morgan fingerprint density at radius 2 is 2.04 bits per heavy atom. The average molecular weight is 339 g/mol. The predicted molar refractivity (Wildman–Crippen MR) is 97.3 cm³/mol. The third-order valence-electron chi connectivity index (χ3n) is 3.36. The molecule has 0 aliphatic carbocycles. The van der Waals surface area contributed by atoms with Crippen LogP contribution in [0.15, 0.2) is 53.9 Å². The molecule has 1 aromatic heterocycles. The van der Waals surface area contributed by atoms with Gasteiger partial charge in [-0.2, -0.15) is 0 Å². The van der Waals surface area contributed by atoms with Gasteiger partial charge in [0.2, 0.25) is 0 Å². The summed E-state index contributed by atoms with van der Waals surface area (Å²) >= 11 is 1.39. The Morgan fingerprint density at radius 1 is 1.25 bits per heavy atom. The summed E-state index contributed by atoms with van der Waals surface area (Å²) in [4.78, 5) is 16.2. The molecule has 0 atom stereocenters. The molecule has 2 aromatic carbocycles. The highest BCUT2D eigenvalue weighted by atomic mass is 32.1. The molecule has 0 fully saturated rings. The minimum atomic E-state index is -0.206. The minimum absolute atomic E-state index is 0.0590. The molecule has 122 valence electrons. The van der Waals surface area contributed by atoms with Crippen molar-refractivity contribution in [2.24, 2.45) is 0 Å². The molecule has 24 heavy (non-hydrogen) atoms. The zero-order chi connectivity index (χ0) is 16.9. The first-order valence-electron chi connectivity index (χ1n) is 7.41. The van der Waals surface area contributed by atoms with Crippen molar-refractivity contribution < 1.29 is 9.53 Å². The van der Waals surface area contributed by atoms with E-state index < -0.39 is 0 Å². The van der Waals surface area contributed by atoms with Crippen molar-refractivity contribution in [3.05, 3.63) is 59.5 Å². The number of carbonyl (C=O) groups is 1. The smallest absolute Gasteiger partial charge is 0.262 e. The van der Waals surface area contributed by atoms with Crippen molar-refractivity contribution in [1.82, 2.24) is 4.98 Å². The van der Waals surface area contributed by atoms with Crippen LogP contribution in [-0.4, -0.2) is 17.5 Å². The molecule has 0 saturated carbocycles. The van der Waals surface area contributed by atoms with Crippen LogP contribution in [0.2, 0.25) is 0 Å². The van der Waals surface area contributed by atoms with Gasteiger partial charge in [-0.1, -0.05) is 29.8 Å². The van der Waals surface area contributed by atoms with Crippen LogP contribution in [0.25, 0.3) is 11.3 Å². The second-order valence-electron chi connectivity index (χ2n) is 5.30. The number of hydrogen-bond acceptors (Lipinski definition) is 5. The molecule has 0 saturated heterocycles. The number of anilines is 2. The zero-order valence-electron chi connectivity index (χ0n) is 13.2. The maximum absolute atomic E-state index is 12.0. The van der Waals surface area contributed by atoms with Crippen molar-refractivity contribution in [3.8, 4) is 17.0 Å². The second kappa shape index (κ2) is 7.14. The standard InChI is InChI=1S/C18H17N3O2S/c1-12-5-7-14(8-6-12)20-17(22)10-23-15-4-2-3-13(9-15)16-11-24-18(19)21-16/h2-9,11H,10H2,1H3,(H2,19,21)(H,20,22). The minimum Gasteiger partial charge on any atom is -0.484 e. The van der Waals surface area contributed by atoms with Gasteiger partial charge in [0.1, 0.15) is 5.75 Å². The number of ether oxygens (including phenoxy) is 1. The summed E-state index contributed by atoms with van der Waals surface area (Å²) in [6.45, 7) is 1.94. The monoisotopic (exact) mass is 339 g/mol. The topological polar surface area (TPSA) is 77.2 Å². The maximum atomic E-state index is 12.0. The number of thiazole rings is 1. The van der Waals surface area contributed by atoms with Gasteiger partial charge in [-0.15, -0.1) is 11.3 Å². The molecule has 6 heteroatoms. The summed E-state index contributed by atoms with van der Waals surface area (Å²) in [7, 11) is 0. The Morgan fingerprint density at radius 3 is 2.75 bits per heavy atom. The Balaban J connectivity index is 1.60. The SMILES string of the molecule is Cc1ccc(NC(=O)COc2cccc(-c3csc(N)n3)c2)cc1. The van der Waals surface area contributed by atoms with Crippen LogP contribution >= 0.6 is 11.3 Å². The van der Waals surface area contributed by atoms with E-state index in [0.717, 1.165) is 22.5 Å². The number of aromatic nitrogens is 1. The molecule has 0 aliphatic heterocycles. The van der Waals surface area contributed by atoms with E-state index in [1.165, 1.54) is 11.3 Å². The lowest BCUT2D eigenvalue weighted by Gasteiger charge is -2.08. The summed E-state index contributed by atoms with van der Waals surface area (Å²) in [5, 5.41) is 5.21. The Labute approximate surface area is 144 Å². The summed E-state index contributed by atoms with van der Waals surface area (Å²) < 4.78 is 5.57. The van der Waals surface area contributed by atoms with Crippen molar-refractivity contribution in [2.75, 3.05) is 17.7 Å². The third-order valence-corrected chi connectivity index (χ3v) is 4.03. The van der Waals surface area contributed by atoms with Crippen molar-refractivity contribution in [2.45, 2.75) is 6.92 Å². The van der Waals surface area contributed by atoms with E-state index in [2.05, 4.69) is 10.3 Å². The van der Waals surface area contributed by atoms with Gasteiger partial charge in [0.15, 0.2) is 11.7 Å². The fourth-order valence-corrected chi connectivity index (χ4v) is 2.72. The van der Waals surface area contributed by atoms with Gasteiger partial charge in [0.25, 0.3) is 5.91 Å². The van der Waals surface area contributed by atoms with Gasteiger partial charge in [0, 0.05) is 16.6 Å². The molecule has 3 aromatic rings. The van der Waals surface area contributed by atoms with Gasteiger partial charge in [-0.3, -0.25) is 4.79 Å². The van der Waals surface area contributed by atoms with Crippen LogP contribution in [0.5, 0.6) is 5.75 Å². The number of rotatable bonds is 5. The van der Waals surface area contributed by atoms with E-state index >= 15 is 0 Å². The fraction of sp³-hybridized carbons (Fsp3) is 0.111. The molecule has 5 nitrogen and oxygen atoms in total. The van der Waals surface area contributed by atoms with Crippen LogP contribution in [0.4, 0.5) is 10.8 Å². The lowest BCUT2D eigenvalue weighted by molar-refractivity contribution is -0.118. The number of benzene rings is 2. The molecule has 0 radical (unpaired) electrons. The largest absolute Gasteiger partial charge is 0.484 e. The van der Waals surface area contributed by atoms with Crippen molar-refractivity contribution in [1.29, 1.82) is 0 Å². The van der Waals surface area contributed by atoms with E-state index in [9.17, 15) is 4.79 Å². The molecule has 1 heterocycles. The molecule has 3 rings (SSSR count). The molecule has 0 spiro atoms. The van der Waals surface area contributed by atoms with Crippen LogP contribution in [0, 0.1) is 6.92 Å². The highest BCUT2D eigenvalue weighted by Crippen LogP contribution is 2.26. The quantitative estimate of drug-likeness (QED) is 0.743. The average Bonchev–Trinajstić information content (AvgIpc) is 3.02. The van der Waals surface area contributed by atoms with Crippen molar-refractivity contribution >= 4 is 28.1 Å². The summed E-state index contributed by atoms with van der Waals surface area (Å²) in [5.74, 6) is 0.403. The van der Waals surface area contributed by atoms with Gasteiger partial charge in [0.05, 0.1) is 5.69 Å². The van der Waals surface area contributed by atoms with Gasteiger partial charge >= 0.3 is 0 Å². The molecule has 0 aliphatic rings. The predicted octanol–water partition coefficient (Wildman–Crippen LogP) is 3.72. The van der Waals surface area contributed by atoms with Crippen LogP contribution in [0.1, 0.15) is 5.56 Å². The molecule has 3 N–H and O–H groups in total. The number of nitrogens with one attached hydrogen (secondary N) is 1. The summed E-state index contributed by atoms with van der Waals surface area (Å²) in [5.41, 5.74) is 9.25. The van der Waals surface area contributed by atoms with E-state index in [1.54, 1.807) is 6.07 Å². The first-order chi connectivity index (χ1) is 11.6. The Kier molecular flexibility index (Phi) is 4.77. The number of nitrogens with zero attached hydrogens (tertiary/aromatic N) is 1. The van der Waals surface area contributed by atoms with Gasteiger partial charge < -0.3 is 15.8 Å². The Hall–Kier alpha value is -2.86. The number of carbonyl (C=O) groups excluding carboxylic acids is 1. The third kappa shape index (κ3) is 4.11.